The minimum atomic E-state index is 0.000327. The molecular formula is C17H21N5O2. The zero-order valence-corrected chi connectivity index (χ0v) is 13.7. The van der Waals surface area contributed by atoms with E-state index in [0.717, 1.165) is 30.0 Å². The molecule has 0 saturated carbocycles. The van der Waals surface area contributed by atoms with E-state index in [4.69, 9.17) is 4.52 Å². The second kappa shape index (κ2) is 7.72. The van der Waals surface area contributed by atoms with Crippen molar-refractivity contribution in [3.05, 3.63) is 48.0 Å². The van der Waals surface area contributed by atoms with E-state index < -0.39 is 0 Å². The van der Waals surface area contributed by atoms with Crippen LogP contribution in [0.25, 0.3) is 5.65 Å². The third kappa shape index (κ3) is 4.18. The Morgan fingerprint density at radius 1 is 1.29 bits per heavy atom. The van der Waals surface area contributed by atoms with Gasteiger partial charge in [-0.25, -0.2) is 4.98 Å². The largest absolute Gasteiger partial charge is 0.350 e. The molecule has 3 rings (SSSR count). The zero-order chi connectivity index (χ0) is 16.8. The molecule has 0 aliphatic rings. The van der Waals surface area contributed by atoms with Crippen molar-refractivity contribution in [2.75, 3.05) is 0 Å². The van der Waals surface area contributed by atoms with Gasteiger partial charge >= 0.3 is 0 Å². The third-order valence-corrected chi connectivity index (χ3v) is 3.66. The molecule has 3 aromatic heterocycles. The van der Waals surface area contributed by atoms with Gasteiger partial charge in [-0.2, -0.15) is 4.98 Å². The number of hydrogen-bond acceptors (Lipinski definition) is 5. The Balaban J connectivity index is 1.40. The average molecular weight is 327 g/mol. The SMILES string of the molecule is CCCc1noc(CCCC(=O)NCc2cn3ccccc3n2)n1. The number of carbonyl (C=O) groups is 1. The minimum Gasteiger partial charge on any atom is -0.350 e. The summed E-state index contributed by atoms with van der Waals surface area (Å²) in [4.78, 5) is 20.7. The first-order valence-corrected chi connectivity index (χ1v) is 8.25. The fourth-order valence-corrected chi connectivity index (χ4v) is 2.47. The second-order valence-corrected chi connectivity index (χ2v) is 5.68. The van der Waals surface area contributed by atoms with Gasteiger partial charge in [-0.1, -0.05) is 18.1 Å². The van der Waals surface area contributed by atoms with Gasteiger partial charge in [0.25, 0.3) is 0 Å². The molecule has 1 amide bonds. The monoisotopic (exact) mass is 327 g/mol. The zero-order valence-electron chi connectivity index (χ0n) is 13.7. The van der Waals surface area contributed by atoms with Crippen LogP contribution in [-0.4, -0.2) is 25.4 Å². The highest BCUT2D eigenvalue weighted by Crippen LogP contribution is 2.06. The molecule has 126 valence electrons. The molecular weight excluding hydrogens is 306 g/mol. The van der Waals surface area contributed by atoms with Gasteiger partial charge in [0.15, 0.2) is 5.82 Å². The van der Waals surface area contributed by atoms with Crippen LogP contribution in [0.15, 0.2) is 35.1 Å². The standard InChI is InChI=1S/C17H21N5O2/c1-2-6-14-20-17(24-21-14)9-5-8-16(23)18-11-13-12-22-10-4-3-7-15(22)19-13/h3-4,7,10,12H,2,5-6,8-9,11H2,1H3,(H,18,23). The van der Waals surface area contributed by atoms with Crippen LogP contribution < -0.4 is 5.32 Å². The van der Waals surface area contributed by atoms with E-state index in [-0.39, 0.29) is 5.91 Å². The summed E-state index contributed by atoms with van der Waals surface area (Å²) in [6.45, 7) is 2.51. The molecule has 1 N–H and O–H groups in total. The molecule has 0 fully saturated rings. The van der Waals surface area contributed by atoms with Crippen molar-refractivity contribution < 1.29 is 9.32 Å². The number of imidazole rings is 1. The Morgan fingerprint density at radius 2 is 2.21 bits per heavy atom. The van der Waals surface area contributed by atoms with E-state index in [9.17, 15) is 4.79 Å². The third-order valence-electron chi connectivity index (χ3n) is 3.66. The summed E-state index contributed by atoms with van der Waals surface area (Å²) in [5.74, 6) is 1.34. The van der Waals surface area contributed by atoms with Gasteiger partial charge in [0.05, 0.1) is 12.2 Å². The number of aromatic nitrogens is 4. The number of nitrogens with zero attached hydrogens (tertiary/aromatic N) is 4. The molecule has 3 heterocycles. The predicted molar refractivity (Wildman–Crippen MR) is 88.3 cm³/mol. The highest BCUT2D eigenvalue weighted by Gasteiger charge is 2.08. The first-order valence-electron chi connectivity index (χ1n) is 8.25. The molecule has 7 nitrogen and oxygen atoms in total. The van der Waals surface area contributed by atoms with E-state index in [1.165, 1.54) is 0 Å². The molecule has 0 radical (unpaired) electrons. The average Bonchev–Trinajstić information content (AvgIpc) is 3.19. The van der Waals surface area contributed by atoms with Gasteiger partial charge in [0.2, 0.25) is 11.8 Å². The first kappa shape index (κ1) is 16.2. The summed E-state index contributed by atoms with van der Waals surface area (Å²) in [7, 11) is 0. The van der Waals surface area contributed by atoms with Crippen LogP contribution in [0.1, 0.15) is 43.6 Å². The van der Waals surface area contributed by atoms with Crippen LogP contribution in [0, 0.1) is 0 Å². The summed E-state index contributed by atoms with van der Waals surface area (Å²) in [6.07, 6.45) is 7.41. The Morgan fingerprint density at radius 3 is 3.04 bits per heavy atom. The van der Waals surface area contributed by atoms with E-state index in [2.05, 4.69) is 27.4 Å². The lowest BCUT2D eigenvalue weighted by molar-refractivity contribution is -0.121. The van der Waals surface area contributed by atoms with Crippen LogP contribution in [0.5, 0.6) is 0 Å². The van der Waals surface area contributed by atoms with Crippen LogP contribution in [0.2, 0.25) is 0 Å². The van der Waals surface area contributed by atoms with Crippen LogP contribution in [-0.2, 0) is 24.2 Å². The number of hydrogen-bond donors (Lipinski definition) is 1. The Hall–Kier alpha value is -2.70. The van der Waals surface area contributed by atoms with Gasteiger partial charge < -0.3 is 14.2 Å². The van der Waals surface area contributed by atoms with Gasteiger partial charge in [0.1, 0.15) is 5.65 Å². The summed E-state index contributed by atoms with van der Waals surface area (Å²) >= 11 is 0. The summed E-state index contributed by atoms with van der Waals surface area (Å²) in [5, 5.41) is 6.79. The Labute approximate surface area is 140 Å². The molecule has 7 heteroatoms. The van der Waals surface area contributed by atoms with Crippen LogP contribution >= 0.6 is 0 Å². The second-order valence-electron chi connectivity index (χ2n) is 5.68. The van der Waals surface area contributed by atoms with Crippen molar-refractivity contribution in [2.24, 2.45) is 0 Å². The van der Waals surface area contributed by atoms with Crippen molar-refractivity contribution in [1.82, 2.24) is 24.8 Å². The lowest BCUT2D eigenvalue weighted by Crippen LogP contribution is -2.22. The molecule has 0 aromatic carbocycles. The number of pyridine rings is 1. The van der Waals surface area contributed by atoms with Crippen LogP contribution in [0.4, 0.5) is 0 Å². The molecule has 0 aliphatic carbocycles. The molecule has 0 unspecified atom stereocenters. The summed E-state index contributed by atoms with van der Waals surface area (Å²) in [5.41, 5.74) is 1.72. The van der Waals surface area contributed by atoms with E-state index in [1.54, 1.807) is 0 Å². The summed E-state index contributed by atoms with van der Waals surface area (Å²) in [6, 6.07) is 5.82. The maximum atomic E-state index is 11.9. The van der Waals surface area contributed by atoms with E-state index >= 15 is 0 Å². The highest BCUT2D eigenvalue weighted by atomic mass is 16.5. The maximum absolute atomic E-state index is 11.9. The van der Waals surface area contributed by atoms with E-state index in [1.807, 2.05) is 35.0 Å². The molecule has 0 aliphatic heterocycles. The maximum Gasteiger partial charge on any atom is 0.226 e. The summed E-state index contributed by atoms with van der Waals surface area (Å²) < 4.78 is 7.09. The molecule has 0 spiro atoms. The topological polar surface area (TPSA) is 85.3 Å². The normalized spacial score (nSPS) is 11.0. The van der Waals surface area contributed by atoms with Crippen molar-refractivity contribution in [3.63, 3.8) is 0 Å². The van der Waals surface area contributed by atoms with E-state index in [0.29, 0.717) is 31.7 Å². The minimum absolute atomic E-state index is 0.000327. The fraction of sp³-hybridized carbons (Fsp3) is 0.412. The van der Waals surface area contributed by atoms with Gasteiger partial charge in [-0.05, 0) is 25.0 Å². The molecule has 3 aromatic rings. The van der Waals surface area contributed by atoms with Gasteiger partial charge in [-0.3, -0.25) is 4.79 Å². The first-order chi connectivity index (χ1) is 11.7. The molecule has 24 heavy (non-hydrogen) atoms. The number of carbonyl (C=O) groups excluding carboxylic acids is 1. The number of nitrogens with one attached hydrogen (secondary N) is 1. The molecule has 0 saturated heterocycles. The smallest absolute Gasteiger partial charge is 0.226 e. The highest BCUT2D eigenvalue weighted by molar-refractivity contribution is 5.75. The van der Waals surface area contributed by atoms with Crippen molar-refractivity contribution in [2.45, 2.75) is 45.6 Å². The molecule has 0 bridgehead atoms. The number of aryl methyl sites for hydroxylation is 2. The van der Waals surface area contributed by atoms with Crippen molar-refractivity contribution >= 4 is 11.6 Å². The van der Waals surface area contributed by atoms with Crippen LogP contribution in [0.3, 0.4) is 0 Å². The lowest BCUT2D eigenvalue weighted by atomic mass is 10.2. The quantitative estimate of drug-likeness (QED) is 0.686. The van der Waals surface area contributed by atoms with Gasteiger partial charge in [-0.15, -0.1) is 0 Å². The predicted octanol–water partition coefficient (Wildman–Crippen LogP) is 2.31. The fourth-order valence-electron chi connectivity index (χ4n) is 2.47. The number of rotatable bonds is 8. The van der Waals surface area contributed by atoms with Crippen molar-refractivity contribution in [3.8, 4) is 0 Å². The number of amides is 1. The molecule has 0 atom stereocenters. The lowest BCUT2D eigenvalue weighted by Gasteiger charge is -2.01. The Kier molecular flexibility index (Phi) is 5.20. The van der Waals surface area contributed by atoms with Gasteiger partial charge in [0, 0.05) is 31.7 Å². The number of fused-ring (bicyclic) bond motifs is 1. The Bertz CT molecular complexity index is 775. The van der Waals surface area contributed by atoms with Crippen molar-refractivity contribution in [1.29, 1.82) is 0 Å².